The average molecular weight is 354 g/mol. The number of benzene rings is 1. The first-order chi connectivity index (χ1) is 12.7. The Labute approximate surface area is 152 Å². The third-order valence-corrected chi connectivity index (χ3v) is 4.09. The number of anilines is 2. The second kappa shape index (κ2) is 8.44. The van der Waals surface area contributed by atoms with Crippen LogP contribution in [-0.4, -0.2) is 49.6 Å². The number of morpholine rings is 1. The van der Waals surface area contributed by atoms with E-state index in [1.165, 1.54) is 0 Å². The van der Waals surface area contributed by atoms with E-state index in [1.807, 2.05) is 13.0 Å². The van der Waals surface area contributed by atoms with Crippen molar-refractivity contribution in [1.29, 1.82) is 0 Å². The summed E-state index contributed by atoms with van der Waals surface area (Å²) < 4.78 is 5.35. The number of rotatable bonds is 5. The van der Waals surface area contributed by atoms with E-state index in [2.05, 4.69) is 20.5 Å². The van der Waals surface area contributed by atoms with Crippen LogP contribution >= 0.6 is 0 Å². The van der Waals surface area contributed by atoms with Gasteiger partial charge in [-0.3, -0.25) is 14.6 Å². The molecule has 1 aromatic heterocycles. The molecule has 1 aliphatic heterocycles. The Bertz CT molecular complexity index is 771. The van der Waals surface area contributed by atoms with Gasteiger partial charge in [0.15, 0.2) is 0 Å². The van der Waals surface area contributed by atoms with Crippen molar-refractivity contribution < 1.29 is 14.3 Å². The molecule has 7 heteroatoms. The summed E-state index contributed by atoms with van der Waals surface area (Å²) in [4.78, 5) is 30.6. The highest BCUT2D eigenvalue weighted by atomic mass is 16.5. The van der Waals surface area contributed by atoms with E-state index >= 15 is 0 Å². The zero-order valence-electron chi connectivity index (χ0n) is 14.7. The van der Waals surface area contributed by atoms with Crippen molar-refractivity contribution >= 4 is 23.2 Å². The number of aromatic nitrogens is 1. The van der Waals surface area contributed by atoms with Crippen LogP contribution in [0.1, 0.15) is 27.8 Å². The molecule has 1 aromatic carbocycles. The molecule has 1 aliphatic rings. The minimum atomic E-state index is -0.286. The van der Waals surface area contributed by atoms with Crippen molar-refractivity contribution in [2.24, 2.45) is 0 Å². The normalized spacial score (nSPS) is 14.0. The molecule has 0 atom stereocenters. The van der Waals surface area contributed by atoms with Crippen LogP contribution in [0.15, 0.2) is 42.6 Å². The fourth-order valence-corrected chi connectivity index (χ4v) is 2.72. The molecule has 2 N–H and O–H groups in total. The SMILES string of the molecule is CCNC(=O)c1ccc(NC(=O)c2cc(N3CCOCC3)ccn2)cc1. The van der Waals surface area contributed by atoms with Gasteiger partial charge in [0.1, 0.15) is 5.69 Å². The summed E-state index contributed by atoms with van der Waals surface area (Å²) in [5.41, 5.74) is 2.47. The lowest BCUT2D eigenvalue weighted by Gasteiger charge is -2.28. The number of carbonyl (C=O) groups excluding carboxylic acids is 2. The molecule has 26 heavy (non-hydrogen) atoms. The van der Waals surface area contributed by atoms with Crippen molar-refractivity contribution in [2.45, 2.75) is 6.92 Å². The number of carbonyl (C=O) groups is 2. The maximum Gasteiger partial charge on any atom is 0.274 e. The Morgan fingerprint density at radius 2 is 1.85 bits per heavy atom. The summed E-state index contributed by atoms with van der Waals surface area (Å²) in [5, 5.41) is 5.55. The van der Waals surface area contributed by atoms with Crippen molar-refractivity contribution in [3.05, 3.63) is 53.9 Å². The van der Waals surface area contributed by atoms with Crippen LogP contribution in [0.4, 0.5) is 11.4 Å². The molecule has 0 unspecified atom stereocenters. The molecule has 136 valence electrons. The Kier molecular flexibility index (Phi) is 5.80. The number of hydrogen-bond acceptors (Lipinski definition) is 5. The van der Waals surface area contributed by atoms with E-state index < -0.39 is 0 Å². The van der Waals surface area contributed by atoms with Gasteiger partial charge in [-0.15, -0.1) is 0 Å². The van der Waals surface area contributed by atoms with Crippen LogP contribution in [0.25, 0.3) is 0 Å². The van der Waals surface area contributed by atoms with Crippen molar-refractivity contribution in [1.82, 2.24) is 10.3 Å². The second-order valence-electron chi connectivity index (χ2n) is 5.89. The van der Waals surface area contributed by atoms with E-state index in [9.17, 15) is 9.59 Å². The smallest absolute Gasteiger partial charge is 0.274 e. The van der Waals surface area contributed by atoms with E-state index in [0.29, 0.717) is 36.7 Å². The maximum atomic E-state index is 12.5. The topological polar surface area (TPSA) is 83.6 Å². The third kappa shape index (κ3) is 4.37. The summed E-state index contributed by atoms with van der Waals surface area (Å²) in [6.07, 6.45) is 1.64. The lowest BCUT2D eigenvalue weighted by atomic mass is 10.2. The number of ether oxygens (including phenoxy) is 1. The Morgan fingerprint density at radius 1 is 1.12 bits per heavy atom. The summed E-state index contributed by atoms with van der Waals surface area (Å²) >= 11 is 0. The van der Waals surface area contributed by atoms with Crippen LogP contribution in [0.2, 0.25) is 0 Å². The van der Waals surface area contributed by atoms with Gasteiger partial charge >= 0.3 is 0 Å². The van der Waals surface area contributed by atoms with Gasteiger partial charge in [-0.1, -0.05) is 0 Å². The Hall–Kier alpha value is -2.93. The molecule has 1 fully saturated rings. The second-order valence-corrected chi connectivity index (χ2v) is 5.89. The van der Waals surface area contributed by atoms with E-state index in [0.717, 1.165) is 18.8 Å². The molecule has 2 heterocycles. The highest BCUT2D eigenvalue weighted by Crippen LogP contribution is 2.17. The molecule has 7 nitrogen and oxygen atoms in total. The number of pyridine rings is 1. The van der Waals surface area contributed by atoms with Crippen molar-refractivity contribution in [3.63, 3.8) is 0 Å². The van der Waals surface area contributed by atoms with Gasteiger partial charge < -0.3 is 20.3 Å². The zero-order valence-corrected chi connectivity index (χ0v) is 14.7. The molecule has 0 radical (unpaired) electrons. The molecule has 3 rings (SSSR count). The van der Waals surface area contributed by atoms with Gasteiger partial charge in [0.2, 0.25) is 0 Å². The van der Waals surface area contributed by atoms with E-state index in [-0.39, 0.29) is 11.8 Å². The van der Waals surface area contributed by atoms with Crippen LogP contribution in [0, 0.1) is 0 Å². The highest BCUT2D eigenvalue weighted by molar-refractivity contribution is 6.03. The predicted molar refractivity (Wildman–Crippen MR) is 99.7 cm³/mol. The first kappa shape index (κ1) is 17.9. The lowest BCUT2D eigenvalue weighted by Crippen LogP contribution is -2.36. The number of nitrogens with one attached hydrogen (secondary N) is 2. The Balaban J connectivity index is 1.67. The van der Waals surface area contributed by atoms with Gasteiger partial charge in [0.25, 0.3) is 11.8 Å². The van der Waals surface area contributed by atoms with Crippen molar-refractivity contribution in [2.75, 3.05) is 43.1 Å². The fourth-order valence-electron chi connectivity index (χ4n) is 2.72. The van der Waals surface area contributed by atoms with Gasteiger partial charge in [-0.25, -0.2) is 0 Å². The molecule has 0 bridgehead atoms. The summed E-state index contributed by atoms with van der Waals surface area (Å²) in [6.45, 7) is 5.40. The largest absolute Gasteiger partial charge is 0.378 e. The first-order valence-corrected chi connectivity index (χ1v) is 8.65. The van der Waals surface area contributed by atoms with Gasteiger partial charge in [-0.05, 0) is 43.3 Å². The molecular formula is C19H22N4O3. The molecule has 0 saturated carbocycles. The maximum absolute atomic E-state index is 12.5. The summed E-state index contributed by atoms with van der Waals surface area (Å²) in [7, 11) is 0. The minimum Gasteiger partial charge on any atom is -0.378 e. The van der Waals surface area contributed by atoms with Crippen LogP contribution in [-0.2, 0) is 4.74 Å². The molecular weight excluding hydrogens is 332 g/mol. The number of amides is 2. The molecule has 0 aliphatic carbocycles. The van der Waals surface area contributed by atoms with Gasteiger partial charge in [-0.2, -0.15) is 0 Å². The van der Waals surface area contributed by atoms with E-state index in [4.69, 9.17) is 4.74 Å². The van der Waals surface area contributed by atoms with Crippen LogP contribution in [0.5, 0.6) is 0 Å². The standard InChI is InChI=1S/C19H22N4O3/c1-2-20-18(24)14-3-5-15(6-4-14)22-19(25)17-13-16(7-8-21-17)23-9-11-26-12-10-23/h3-8,13H,2,9-12H2,1H3,(H,20,24)(H,22,25). The van der Waals surface area contributed by atoms with Gasteiger partial charge in [0, 0.05) is 42.8 Å². The van der Waals surface area contributed by atoms with Crippen LogP contribution < -0.4 is 15.5 Å². The predicted octanol–water partition coefficient (Wildman–Crippen LogP) is 1.92. The lowest BCUT2D eigenvalue weighted by molar-refractivity contribution is 0.0955. The van der Waals surface area contributed by atoms with E-state index in [1.54, 1.807) is 36.5 Å². The van der Waals surface area contributed by atoms with Crippen LogP contribution in [0.3, 0.4) is 0 Å². The molecule has 0 spiro atoms. The van der Waals surface area contributed by atoms with Gasteiger partial charge in [0.05, 0.1) is 13.2 Å². The summed E-state index contributed by atoms with van der Waals surface area (Å²) in [5.74, 6) is -0.420. The quantitative estimate of drug-likeness (QED) is 0.857. The average Bonchev–Trinajstić information content (AvgIpc) is 2.69. The van der Waals surface area contributed by atoms with Crippen molar-refractivity contribution in [3.8, 4) is 0 Å². The minimum absolute atomic E-state index is 0.134. The fraction of sp³-hybridized carbons (Fsp3) is 0.316. The zero-order chi connectivity index (χ0) is 18.4. The molecule has 1 saturated heterocycles. The molecule has 2 amide bonds. The number of nitrogens with zero attached hydrogens (tertiary/aromatic N) is 2. The highest BCUT2D eigenvalue weighted by Gasteiger charge is 2.14. The monoisotopic (exact) mass is 354 g/mol. The first-order valence-electron chi connectivity index (χ1n) is 8.65. The third-order valence-electron chi connectivity index (χ3n) is 4.09. The number of hydrogen-bond donors (Lipinski definition) is 2. The summed E-state index contributed by atoms with van der Waals surface area (Å²) in [6, 6.07) is 10.4. The molecule has 2 aromatic rings. The Morgan fingerprint density at radius 3 is 2.54 bits per heavy atom.